The van der Waals surface area contributed by atoms with Gasteiger partial charge in [0, 0.05) is 5.56 Å². The number of nitrogens with one attached hydrogen (secondary N) is 1. The van der Waals surface area contributed by atoms with Gasteiger partial charge in [0.2, 0.25) is 0 Å². The number of carbonyl (C=O) groups is 2. The summed E-state index contributed by atoms with van der Waals surface area (Å²) >= 11 is 0. The van der Waals surface area contributed by atoms with Gasteiger partial charge in [0.1, 0.15) is 17.9 Å². The summed E-state index contributed by atoms with van der Waals surface area (Å²) in [7, 11) is 0. The number of nitrogens with zero attached hydrogens (tertiary/aromatic N) is 1. The fourth-order valence-corrected chi connectivity index (χ4v) is 3.75. The summed E-state index contributed by atoms with van der Waals surface area (Å²) in [6, 6.07) is 30.6. The summed E-state index contributed by atoms with van der Waals surface area (Å²) in [6.45, 7) is 0.381. The first-order chi connectivity index (χ1) is 15.7. The number of rotatable bonds is 5. The lowest BCUT2D eigenvalue weighted by Crippen LogP contribution is -2.35. The third kappa shape index (κ3) is 3.72. The standard InChI is InChI=1S/C27H20N2O3/c30-26-24(27(31)29(28-26)21-12-5-2-6-13-21)17-23-22-14-8-7-11-20(22)15-16-25(23)32-18-19-9-3-1-4-10-19/h1-17H,18H2,(H,28,30)/b24-17-. The van der Waals surface area contributed by atoms with E-state index in [4.69, 9.17) is 4.74 Å². The molecule has 0 saturated carbocycles. The molecule has 0 unspecified atom stereocenters. The maximum Gasteiger partial charge on any atom is 0.282 e. The lowest BCUT2D eigenvalue weighted by atomic mass is 10.0. The number of anilines is 1. The molecule has 0 spiro atoms. The molecule has 156 valence electrons. The number of benzene rings is 4. The van der Waals surface area contributed by atoms with Crippen molar-refractivity contribution in [3.8, 4) is 5.75 Å². The number of para-hydroxylation sites is 1. The monoisotopic (exact) mass is 420 g/mol. The fourth-order valence-electron chi connectivity index (χ4n) is 3.75. The smallest absolute Gasteiger partial charge is 0.282 e. The lowest BCUT2D eigenvalue weighted by Gasteiger charge is -2.14. The van der Waals surface area contributed by atoms with E-state index in [1.54, 1.807) is 18.2 Å². The lowest BCUT2D eigenvalue weighted by molar-refractivity contribution is -0.117. The van der Waals surface area contributed by atoms with E-state index in [1.807, 2.05) is 84.9 Å². The second kappa shape index (κ2) is 8.40. The molecule has 4 aromatic carbocycles. The van der Waals surface area contributed by atoms with Crippen LogP contribution in [0.15, 0.2) is 103 Å². The highest BCUT2D eigenvalue weighted by molar-refractivity contribution is 6.32. The molecule has 0 bridgehead atoms. The van der Waals surface area contributed by atoms with Crippen LogP contribution >= 0.6 is 0 Å². The SMILES string of the molecule is O=C1NN(c2ccccc2)C(=O)/C1=C\c1c(OCc2ccccc2)ccc2ccccc12. The van der Waals surface area contributed by atoms with E-state index in [1.165, 1.54) is 5.01 Å². The molecule has 32 heavy (non-hydrogen) atoms. The Morgan fingerprint density at radius 1 is 0.781 bits per heavy atom. The highest BCUT2D eigenvalue weighted by Gasteiger charge is 2.34. The van der Waals surface area contributed by atoms with Gasteiger partial charge < -0.3 is 4.74 Å². The molecule has 1 aliphatic rings. The van der Waals surface area contributed by atoms with Crippen LogP contribution in [0.5, 0.6) is 5.75 Å². The van der Waals surface area contributed by atoms with Gasteiger partial charge in [-0.25, -0.2) is 5.01 Å². The summed E-state index contributed by atoms with van der Waals surface area (Å²) in [5.74, 6) is -0.234. The minimum absolute atomic E-state index is 0.0646. The summed E-state index contributed by atoms with van der Waals surface area (Å²) < 4.78 is 6.12. The van der Waals surface area contributed by atoms with Gasteiger partial charge in [-0.3, -0.25) is 15.0 Å². The predicted octanol–water partition coefficient (Wildman–Crippen LogP) is 4.88. The Balaban J connectivity index is 1.55. The van der Waals surface area contributed by atoms with Crippen LogP contribution in [-0.4, -0.2) is 11.8 Å². The van der Waals surface area contributed by atoms with Gasteiger partial charge in [0.05, 0.1) is 5.69 Å². The minimum atomic E-state index is -0.444. The highest BCUT2D eigenvalue weighted by Crippen LogP contribution is 2.32. The van der Waals surface area contributed by atoms with Crippen LogP contribution in [0.25, 0.3) is 16.8 Å². The van der Waals surface area contributed by atoms with Crippen molar-refractivity contribution in [1.82, 2.24) is 5.43 Å². The molecule has 5 nitrogen and oxygen atoms in total. The van der Waals surface area contributed by atoms with E-state index < -0.39 is 11.8 Å². The van der Waals surface area contributed by atoms with Gasteiger partial charge in [-0.2, -0.15) is 0 Å². The van der Waals surface area contributed by atoms with Gasteiger partial charge >= 0.3 is 0 Å². The summed E-state index contributed by atoms with van der Waals surface area (Å²) in [6.07, 6.45) is 1.63. The van der Waals surface area contributed by atoms with Crippen molar-refractivity contribution in [1.29, 1.82) is 0 Å². The van der Waals surface area contributed by atoms with E-state index in [0.29, 0.717) is 23.6 Å². The molecule has 0 aromatic heterocycles. The van der Waals surface area contributed by atoms with Gasteiger partial charge in [-0.1, -0.05) is 78.9 Å². The quantitative estimate of drug-likeness (QED) is 0.370. The Kier molecular flexibility index (Phi) is 5.14. The zero-order chi connectivity index (χ0) is 21.9. The van der Waals surface area contributed by atoms with Gasteiger partial charge in [0.15, 0.2) is 0 Å². The van der Waals surface area contributed by atoms with E-state index in [9.17, 15) is 9.59 Å². The summed E-state index contributed by atoms with van der Waals surface area (Å²) in [5, 5.41) is 3.17. The second-order valence-corrected chi connectivity index (χ2v) is 7.45. The molecular formula is C27H20N2O3. The number of carbonyl (C=O) groups excluding carboxylic acids is 2. The van der Waals surface area contributed by atoms with Gasteiger partial charge in [-0.05, 0) is 40.6 Å². The molecular weight excluding hydrogens is 400 g/mol. The summed E-state index contributed by atoms with van der Waals surface area (Å²) in [5.41, 5.74) is 5.05. The van der Waals surface area contributed by atoms with Crippen molar-refractivity contribution in [3.63, 3.8) is 0 Å². The van der Waals surface area contributed by atoms with E-state index in [0.717, 1.165) is 16.3 Å². The number of amides is 2. The molecule has 0 radical (unpaired) electrons. The van der Waals surface area contributed by atoms with E-state index in [-0.39, 0.29) is 5.57 Å². The van der Waals surface area contributed by atoms with Crippen LogP contribution in [0.4, 0.5) is 5.69 Å². The van der Waals surface area contributed by atoms with Crippen LogP contribution in [-0.2, 0) is 16.2 Å². The fraction of sp³-hybridized carbons (Fsp3) is 0.0370. The van der Waals surface area contributed by atoms with Crippen molar-refractivity contribution in [2.45, 2.75) is 6.61 Å². The number of ether oxygens (including phenoxy) is 1. The molecule has 0 aliphatic carbocycles. The Labute approximate surface area is 185 Å². The number of hydrogen-bond donors (Lipinski definition) is 1. The Morgan fingerprint density at radius 2 is 1.47 bits per heavy atom. The first-order valence-electron chi connectivity index (χ1n) is 10.3. The molecule has 4 aromatic rings. The van der Waals surface area contributed by atoms with Crippen LogP contribution in [0, 0.1) is 0 Å². The summed E-state index contributed by atoms with van der Waals surface area (Å²) in [4.78, 5) is 25.8. The maximum absolute atomic E-state index is 13.1. The molecule has 1 heterocycles. The van der Waals surface area contributed by atoms with Crippen LogP contribution in [0.3, 0.4) is 0 Å². The predicted molar refractivity (Wildman–Crippen MR) is 125 cm³/mol. The molecule has 1 fully saturated rings. The molecule has 1 saturated heterocycles. The van der Waals surface area contributed by atoms with Crippen LogP contribution in [0.1, 0.15) is 11.1 Å². The third-order valence-electron chi connectivity index (χ3n) is 5.36. The highest BCUT2D eigenvalue weighted by atomic mass is 16.5. The topological polar surface area (TPSA) is 58.6 Å². The Bertz CT molecular complexity index is 1330. The molecule has 1 aliphatic heterocycles. The average Bonchev–Trinajstić information content (AvgIpc) is 3.13. The molecule has 2 amide bonds. The van der Waals surface area contributed by atoms with Gasteiger partial charge in [0.25, 0.3) is 11.8 Å². The van der Waals surface area contributed by atoms with Crippen molar-refractivity contribution < 1.29 is 14.3 Å². The minimum Gasteiger partial charge on any atom is -0.488 e. The Morgan fingerprint density at radius 3 is 2.25 bits per heavy atom. The van der Waals surface area contributed by atoms with E-state index >= 15 is 0 Å². The number of hydrazine groups is 1. The van der Waals surface area contributed by atoms with Crippen molar-refractivity contribution >= 4 is 34.4 Å². The molecule has 1 N–H and O–H groups in total. The van der Waals surface area contributed by atoms with Crippen molar-refractivity contribution in [2.24, 2.45) is 0 Å². The zero-order valence-electron chi connectivity index (χ0n) is 17.2. The normalized spacial score (nSPS) is 14.8. The number of hydrogen-bond acceptors (Lipinski definition) is 3. The van der Waals surface area contributed by atoms with Gasteiger partial charge in [-0.15, -0.1) is 0 Å². The van der Waals surface area contributed by atoms with Crippen molar-refractivity contribution in [2.75, 3.05) is 5.01 Å². The molecule has 5 heteroatoms. The van der Waals surface area contributed by atoms with E-state index in [2.05, 4.69) is 5.43 Å². The molecule has 5 rings (SSSR count). The largest absolute Gasteiger partial charge is 0.488 e. The first kappa shape index (κ1) is 19.6. The van der Waals surface area contributed by atoms with Crippen molar-refractivity contribution in [3.05, 3.63) is 114 Å². The number of fused-ring (bicyclic) bond motifs is 1. The third-order valence-corrected chi connectivity index (χ3v) is 5.36. The average molecular weight is 420 g/mol. The zero-order valence-corrected chi connectivity index (χ0v) is 17.2. The maximum atomic E-state index is 13.1. The first-order valence-corrected chi connectivity index (χ1v) is 10.3. The van der Waals surface area contributed by atoms with Crippen LogP contribution in [0.2, 0.25) is 0 Å². The molecule has 0 atom stereocenters. The second-order valence-electron chi connectivity index (χ2n) is 7.45. The van der Waals surface area contributed by atoms with Crippen LogP contribution < -0.4 is 15.2 Å². The Hall–Kier alpha value is -4.38.